The first kappa shape index (κ1) is 23.7. The summed E-state index contributed by atoms with van der Waals surface area (Å²) < 4.78 is 1.69. The molecule has 0 saturated carbocycles. The fourth-order valence-corrected chi connectivity index (χ4v) is 4.19. The predicted molar refractivity (Wildman–Crippen MR) is 131 cm³/mol. The molecule has 170 valence electrons. The van der Waals surface area contributed by atoms with E-state index in [0.717, 1.165) is 37.8 Å². The molecule has 1 unspecified atom stereocenters. The number of hydrogen-bond donors (Lipinski definition) is 0. The van der Waals surface area contributed by atoms with Crippen LogP contribution in [0.25, 0.3) is 16.6 Å². The van der Waals surface area contributed by atoms with Crippen molar-refractivity contribution in [2.75, 3.05) is 7.05 Å². The molecule has 0 radical (unpaired) electrons. The molecule has 1 amide bonds. The maximum atomic E-state index is 13.6. The van der Waals surface area contributed by atoms with Gasteiger partial charge in [-0.15, -0.1) is 0 Å². The summed E-state index contributed by atoms with van der Waals surface area (Å²) in [5, 5.41) is 0.583. The summed E-state index contributed by atoms with van der Waals surface area (Å²) in [4.78, 5) is 33.2. The van der Waals surface area contributed by atoms with Gasteiger partial charge in [0.15, 0.2) is 0 Å². The Morgan fingerprint density at radius 3 is 2.38 bits per heavy atom. The van der Waals surface area contributed by atoms with Gasteiger partial charge in [0, 0.05) is 13.5 Å². The highest BCUT2D eigenvalue weighted by atomic mass is 16.2. The zero-order chi connectivity index (χ0) is 23.1. The van der Waals surface area contributed by atoms with Crippen molar-refractivity contribution in [3.8, 4) is 5.69 Å². The van der Waals surface area contributed by atoms with Gasteiger partial charge in [-0.2, -0.15) is 0 Å². The average molecular weight is 434 g/mol. The molecular weight excluding hydrogens is 398 g/mol. The minimum absolute atomic E-state index is 0.0999. The molecule has 1 heterocycles. The Balaban J connectivity index is 2.08. The van der Waals surface area contributed by atoms with Gasteiger partial charge in [-0.1, -0.05) is 64.3 Å². The van der Waals surface area contributed by atoms with Crippen LogP contribution in [0.1, 0.15) is 76.7 Å². The van der Waals surface area contributed by atoms with Crippen LogP contribution in [0.3, 0.4) is 0 Å². The molecule has 0 aliphatic carbocycles. The highest BCUT2D eigenvalue weighted by molar-refractivity contribution is 5.79. The highest BCUT2D eigenvalue weighted by Gasteiger charge is 2.26. The molecule has 3 aromatic rings. The van der Waals surface area contributed by atoms with Crippen LogP contribution in [-0.4, -0.2) is 27.4 Å². The largest absolute Gasteiger partial charge is 0.336 e. The van der Waals surface area contributed by atoms with Gasteiger partial charge in [-0.25, -0.2) is 4.98 Å². The third kappa shape index (κ3) is 5.09. The first-order valence-corrected chi connectivity index (χ1v) is 11.9. The van der Waals surface area contributed by atoms with Crippen LogP contribution >= 0.6 is 0 Å². The maximum Gasteiger partial charge on any atom is 0.266 e. The van der Waals surface area contributed by atoms with Gasteiger partial charge >= 0.3 is 0 Å². The van der Waals surface area contributed by atoms with Gasteiger partial charge in [-0.3, -0.25) is 14.2 Å². The summed E-state index contributed by atoms with van der Waals surface area (Å²) in [5.41, 5.74) is 2.56. The Kier molecular flexibility index (Phi) is 8.20. The first-order valence-electron chi connectivity index (χ1n) is 11.9. The molecule has 5 nitrogen and oxygen atoms in total. The predicted octanol–water partition coefficient (Wildman–Crippen LogP) is 5.83. The molecule has 0 spiro atoms. The van der Waals surface area contributed by atoms with Crippen molar-refractivity contribution in [3.05, 3.63) is 70.3 Å². The molecule has 0 aliphatic rings. The van der Waals surface area contributed by atoms with Crippen molar-refractivity contribution in [2.24, 2.45) is 0 Å². The van der Waals surface area contributed by atoms with Crippen LogP contribution in [0, 0.1) is 0 Å². The fourth-order valence-electron chi connectivity index (χ4n) is 4.19. The number of rotatable bonds is 10. The van der Waals surface area contributed by atoms with Gasteiger partial charge in [0.25, 0.3) is 5.56 Å². The molecule has 0 bridgehead atoms. The van der Waals surface area contributed by atoms with Gasteiger partial charge in [0.2, 0.25) is 5.91 Å². The zero-order valence-corrected chi connectivity index (χ0v) is 19.8. The summed E-state index contributed by atoms with van der Waals surface area (Å²) in [6.07, 6.45) is 6.38. The van der Waals surface area contributed by atoms with E-state index in [1.54, 1.807) is 9.47 Å². The number of amides is 1. The molecule has 5 heteroatoms. The van der Waals surface area contributed by atoms with Crippen LogP contribution in [0.4, 0.5) is 0 Å². The van der Waals surface area contributed by atoms with Crippen molar-refractivity contribution in [1.29, 1.82) is 0 Å². The molecule has 0 saturated heterocycles. The monoisotopic (exact) mass is 433 g/mol. The summed E-state index contributed by atoms with van der Waals surface area (Å²) in [6.45, 7) is 6.31. The number of benzene rings is 2. The smallest absolute Gasteiger partial charge is 0.266 e. The molecule has 32 heavy (non-hydrogen) atoms. The third-order valence-corrected chi connectivity index (χ3v) is 6.19. The van der Waals surface area contributed by atoms with Crippen molar-refractivity contribution < 1.29 is 4.79 Å². The van der Waals surface area contributed by atoms with Crippen LogP contribution in [0.2, 0.25) is 0 Å². The lowest BCUT2D eigenvalue weighted by Gasteiger charge is -2.29. The molecule has 0 fully saturated rings. The summed E-state index contributed by atoms with van der Waals surface area (Å²) in [6, 6.07) is 15.2. The number of hydrogen-bond acceptors (Lipinski definition) is 3. The Hall–Kier alpha value is -2.95. The molecule has 0 aliphatic heterocycles. The number of aromatic nitrogens is 2. The van der Waals surface area contributed by atoms with E-state index in [0.29, 0.717) is 29.6 Å². The zero-order valence-electron chi connectivity index (χ0n) is 19.8. The Labute approximate surface area is 191 Å². The number of fused-ring (bicyclic) bond motifs is 1. The molecule has 0 N–H and O–H groups in total. The molecule has 1 aromatic heterocycles. The minimum atomic E-state index is -0.281. The second kappa shape index (κ2) is 11.1. The molecule has 2 aromatic carbocycles. The van der Waals surface area contributed by atoms with E-state index >= 15 is 0 Å². The van der Waals surface area contributed by atoms with Crippen LogP contribution in [-0.2, 0) is 11.2 Å². The number of para-hydroxylation sites is 1. The summed E-state index contributed by atoms with van der Waals surface area (Å²) in [7, 11) is 1.84. The van der Waals surface area contributed by atoms with Crippen LogP contribution in [0.5, 0.6) is 0 Å². The quantitative estimate of drug-likeness (QED) is 0.378. The minimum Gasteiger partial charge on any atom is -0.336 e. The van der Waals surface area contributed by atoms with Crippen molar-refractivity contribution >= 4 is 16.8 Å². The lowest BCUT2D eigenvalue weighted by molar-refractivity contribution is -0.132. The number of carbonyl (C=O) groups is 1. The number of unbranched alkanes of at least 4 members (excludes halogenated alkanes) is 3. The van der Waals surface area contributed by atoms with Gasteiger partial charge in [-0.05, 0) is 49.1 Å². The summed E-state index contributed by atoms with van der Waals surface area (Å²) >= 11 is 0. The maximum absolute atomic E-state index is 13.6. The normalized spacial score (nSPS) is 12.1. The van der Waals surface area contributed by atoms with Crippen LogP contribution < -0.4 is 5.56 Å². The lowest BCUT2D eigenvalue weighted by atomic mass is 10.1. The van der Waals surface area contributed by atoms with Crippen molar-refractivity contribution in [1.82, 2.24) is 14.5 Å². The molecule has 1 atom stereocenters. The van der Waals surface area contributed by atoms with E-state index in [-0.39, 0.29) is 17.5 Å². The second-order valence-corrected chi connectivity index (χ2v) is 8.39. The lowest BCUT2D eigenvalue weighted by Crippen LogP contribution is -2.35. The van der Waals surface area contributed by atoms with E-state index in [1.165, 1.54) is 5.56 Å². The fraction of sp³-hybridized carbons (Fsp3) is 0.444. The van der Waals surface area contributed by atoms with E-state index in [4.69, 9.17) is 4.98 Å². The van der Waals surface area contributed by atoms with E-state index in [1.807, 2.05) is 62.5 Å². The Morgan fingerprint density at radius 2 is 1.72 bits per heavy atom. The Bertz CT molecular complexity index is 1100. The molecule has 3 rings (SSSR count). The standard InChI is InChI=1S/C27H35N3O2/c1-5-8-9-10-15-25(31)29(4)24(7-3)26-28-23-14-12-11-13-22(23)27(32)30(26)21-18-16-20(6-2)17-19-21/h11-14,16-19,24H,5-10,15H2,1-4H3. The van der Waals surface area contributed by atoms with E-state index in [9.17, 15) is 9.59 Å². The number of nitrogens with zero attached hydrogens (tertiary/aromatic N) is 3. The summed E-state index contributed by atoms with van der Waals surface area (Å²) in [5.74, 6) is 0.716. The van der Waals surface area contributed by atoms with Crippen molar-refractivity contribution in [3.63, 3.8) is 0 Å². The Morgan fingerprint density at radius 1 is 1.00 bits per heavy atom. The average Bonchev–Trinajstić information content (AvgIpc) is 2.82. The first-order chi connectivity index (χ1) is 15.5. The van der Waals surface area contributed by atoms with E-state index < -0.39 is 0 Å². The SMILES string of the molecule is CCCCCCC(=O)N(C)C(CC)c1nc2ccccc2c(=O)n1-c1ccc(CC)cc1. The highest BCUT2D eigenvalue weighted by Crippen LogP contribution is 2.26. The van der Waals surface area contributed by atoms with Gasteiger partial charge in [0.1, 0.15) is 5.82 Å². The van der Waals surface area contributed by atoms with E-state index in [2.05, 4.69) is 13.8 Å². The number of carbonyl (C=O) groups excluding carboxylic acids is 1. The van der Waals surface area contributed by atoms with Gasteiger partial charge < -0.3 is 4.90 Å². The van der Waals surface area contributed by atoms with Gasteiger partial charge in [0.05, 0.1) is 22.6 Å². The van der Waals surface area contributed by atoms with Crippen molar-refractivity contribution in [2.45, 2.75) is 71.8 Å². The topological polar surface area (TPSA) is 55.2 Å². The molecular formula is C27H35N3O2. The van der Waals surface area contributed by atoms with Crippen LogP contribution in [0.15, 0.2) is 53.3 Å². The third-order valence-electron chi connectivity index (χ3n) is 6.19. The number of aryl methyl sites for hydroxylation is 1. The second-order valence-electron chi connectivity index (χ2n) is 8.39.